The summed E-state index contributed by atoms with van der Waals surface area (Å²) in [6.45, 7) is 0. The van der Waals surface area contributed by atoms with E-state index in [9.17, 15) is 9.00 Å². The van der Waals surface area contributed by atoms with Crippen LogP contribution in [-0.2, 0) is 10.8 Å². The van der Waals surface area contributed by atoms with Crippen molar-refractivity contribution in [3.63, 3.8) is 0 Å². The molecule has 2 rings (SSSR count). The second-order valence-corrected chi connectivity index (χ2v) is 5.46. The minimum absolute atomic E-state index is 0.243. The molecule has 0 aliphatic heterocycles. The zero-order chi connectivity index (χ0) is 14.5. The maximum Gasteiger partial charge on any atom is 0.264 e. The Kier molecular flexibility index (Phi) is 4.47. The summed E-state index contributed by atoms with van der Waals surface area (Å²) in [4.78, 5) is 11.6. The van der Waals surface area contributed by atoms with Crippen LogP contribution in [0.4, 0.5) is 0 Å². The third-order valence-electron chi connectivity index (χ3n) is 2.62. The zero-order valence-corrected chi connectivity index (χ0v) is 11.9. The molecule has 1 aromatic carbocycles. The van der Waals surface area contributed by atoms with Gasteiger partial charge in [-0.2, -0.15) is 5.10 Å². The highest BCUT2D eigenvalue weighted by Crippen LogP contribution is 2.20. The Labute approximate surface area is 118 Å². The molecule has 5 nitrogen and oxygen atoms in total. The monoisotopic (exact) mass is 290 g/mol. The molecule has 1 atom stereocenters. The number of nitrogens with zero attached hydrogens (tertiary/aromatic N) is 1. The Morgan fingerprint density at radius 3 is 2.65 bits per heavy atom. The lowest BCUT2D eigenvalue weighted by atomic mass is 10.2. The number of aromatic amines is 1. The van der Waals surface area contributed by atoms with Crippen LogP contribution in [-0.4, -0.2) is 27.8 Å². The van der Waals surface area contributed by atoms with Gasteiger partial charge in [0.2, 0.25) is 0 Å². The number of ether oxygens (including phenoxy) is 1. The summed E-state index contributed by atoms with van der Waals surface area (Å²) >= 11 is 0. The smallest absolute Gasteiger partial charge is 0.264 e. The first-order valence-electron chi connectivity index (χ1n) is 5.85. The summed E-state index contributed by atoms with van der Waals surface area (Å²) in [6, 6.07) is 8.42. The molecule has 1 heterocycles. The summed E-state index contributed by atoms with van der Waals surface area (Å²) in [7, 11) is 0.485. The molecule has 1 unspecified atom stereocenters. The standard InChI is InChI=1S/C14H14N2O3S/c1-19-12-7-10(8-13(9-12)20(2)18)3-4-11-5-6-14(17)16-15-11/h3-9H,1-2H3,(H,16,17)/b4-3+. The van der Waals surface area contributed by atoms with E-state index in [4.69, 9.17) is 4.74 Å². The van der Waals surface area contributed by atoms with Gasteiger partial charge in [-0.05, 0) is 35.9 Å². The minimum atomic E-state index is -1.08. The Balaban J connectivity index is 2.32. The van der Waals surface area contributed by atoms with Crippen LogP contribution >= 0.6 is 0 Å². The van der Waals surface area contributed by atoms with Crippen LogP contribution in [0.5, 0.6) is 5.75 Å². The van der Waals surface area contributed by atoms with E-state index >= 15 is 0 Å². The largest absolute Gasteiger partial charge is 0.497 e. The topological polar surface area (TPSA) is 72.1 Å². The van der Waals surface area contributed by atoms with E-state index in [1.54, 1.807) is 31.6 Å². The number of hydrogen-bond acceptors (Lipinski definition) is 4. The molecule has 0 saturated heterocycles. The number of aromatic nitrogens is 2. The van der Waals surface area contributed by atoms with Gasteiger partial charge >= 0.3 is 0 Å². The van der Waals surface area contributed by atoms with Crippen LogP contribution in [0.2, 0.25) is 0 Å². The number of rotatable bonds is 4. The Bertz CT molecular complexity index is 702. The van der Waals surface area contributed by atoms with Gasteiger partial charge in [-0.25, -0.2) is 5.10 Å². The molecule has 0 saturated carbocycles. The lowest BCUT2D eigenvalue weighted by Crippen LogP contribution is -2.05. The lowest BCUT2D eigenvalue weighted by Gasteiger charge is -2.04. The van der Waals surface area contributed by atoms with E-state index in [0.717, 1.165) is 5.56 Å². The SMILES string of the molecule is COc1cc(/C=C/c2ccc(=O)[nH]n2)cc(S(C)=O)c1. The van der Waals surface area contributed by atoms with Gasteiger partial charge in [0.15, 0.2) is 0 Å². The molecule has 0 bridgehead atoms. The number of benzene rings is 1. The maximum atomic E-state index is 11.6. The van der Waals surface area contributed by atoms with Crippen LogP contribution in [0.15, 0.2) is 40.0 Å². The van der Waals surface area contributed by atoms with Crippen molar-refractivity contribution >= 4 is 23.0 Å². The average molecular weight is 290 g/mol. The van der Waals surface area contributed by atoms with Crippen LogP contribution in [0.25, 0.3) is 12.2 Å². The molecule has 2 aromatic rings. The van der Waals surface area contributed by atoms with Crippen molar-refractivity contribution in [3.05, 3.63) is 51.9 Å². The fraction of sp³-hybridized carbons (Fsp3) is 0.143. The van der Waals surface area contributed by atoms with Crippen molar-refractivity contribution in [1.29, 1.82) is 0 Å². The van der Waals surface area contributed by atoms with Gasteiger partial charge in [-0.15, -0.1) is 0 Å². The van der Waals surface area contributed by atoms with Gasteiger partial charge in [0.1, 0.15) is 5.75 Å². The molecular weight excluding hydrogens is 276 g/mol. The van der Waals surface area contributed by atoms with Crippen LogP contribution in [0.3, 0.4) is 0 Å². The van der Waals surface area contributed by atoms with Crippen molar-refractivity contribution in [2.24, 2.45) is 0 Å². The van der Waals surface area contributed by atoms with Gasteiger partial charge in [-0.3, -0.25) is 9.00 Å². The van der Waals surface area contributed by atoms with Crippen molar-refractivity contribution in [2.75, 3.05) is 13.4 Å². The van der Waals surface area contributed by atoms with Crippen molar-refractivity contribution in [3.8, 4) is 5.75 Å². The average Bonchev–Trinajstić information content (AvgIpc) is 2.46. The van der Waals surface area contributed by atoms with Gasteiger partial charge in [-0.1, -0.05) is 6.08 Å². The molecule has 0 radical (unpaired) electrons. The summed E-state index contributed by atoms with van der Waals surface area (Å²) in [5, 5.41) is 6.24. The van der Waals surface area contributed by atoms with Crippen molar-refractivity contribution in [1.82, 2.24) is 10.2 Å². The van der Waals surface area contributed by atoms with Crippen LogP contribution in [0.1, 0.15) is 11.3 Å². The second kappa shape index (κ2) is 6.29. The van der Waals surface area contributed by atoms with E-state index in [-0.39, 0.29) is 5.56 Å². The molecular formula is C14H14N2O3S. The first kappa shape index (κ1) is 14.2. The molecule has 0 aliphatic rings. The van der Waals surface area contributed by atoms with Crippen molar-refractivity contribution in [2.45, 2.75) is 4.90 Å². The summed E-state index contributed by atoms with van der Waals surface area (Å²) in [5.74, 6) is 0.645. The highest BCUT2D eigenvalue weighted by molar-refractivity contribution is 7.84. The highest BCUT2D eigenvalue weighted by Gasteiger charge is 2.02. The Hall–Kier alpha value is -2.21. The van der Waals surface area contributed by atoms with Crippen molar-refractivity contribution < 1.29 is 8.95 Å². The van der Waals surface area contributed by atoms with E-state index in [1.165, 1.54) is 6.07 Å². The molecule has 0 amide bonds. The molecule has 0 spiro atoms. The fourth-order valence-corrected chi connectivity index (χ4v) is 2.19. The van der Waals surface area contributed by atoms with Gasteiger partial charge < -0.3 is 4.74 Å². The second-order valence-electron chi connectivity index (χ2n) is 4.08. The van der Waals surface area contributed by atoms with E-state index in [1.807, 2.05) is 18.2 Å². The fourth-order valence-electron chi connectivity index (χ4n) is 1.60. The Morgan fingerprint density at radius 2 is 2.05 bits per heavy atom. The van der Waals surface area contributed by atoms with Gasteiger partial charge in [0.25, 0.3) is 5.56 Å². The molecule has 104 valence electrons. The van der Waals surface area contributed by atoms with Gasteiger partial charge in [0.05, 0.1) is 12.8 Å². The van der Waals surface area contributed by atoms with Crippen LogP contribution in [0, 0.1) is 0 Å². The Morgan fingerprint density at radius 1 is 1.25 bits per heavy atom. The van der Waals surface area contributed by atoms with E-state index in [2.05, 4.69) is 10.2 Å². The number of methoxy groups -OCH3 is 1. The predicted octanol–water partition coefficient (Wildman–Crippen LogP) is 1.69. The first-order chi connectivity index (χ1) is 9.58. The summed E-state index contributed by atoms with van der Waals surface area (Å²) in [5.41, 5.74) is 1.24. The number of nitrogens with one attached hydrogen (secondary N) is 1. The van der Waals surface area contributed by atoms with E-state index < -0.39 is 10.8 Å². The molecule has 0 aliphatic carbocycles. The van der Waals surface area contributed by atoms with Crippen LogP contribution < -0.4 is 10.3 Å². The first-order valence-corrected chi connectivity index (χ1v) is 7.40. The normalized spacial score (nSPS) is 12.5. The molecule has 0 fully saturated rings. The molecule has 6 heteroatoms. The maximum absolute atomic E-state index is 11.6. The molecule has 20 heavy (non-hydrogen) atoms. The number of H-pyrrole nitrogens is 1. The molecule has 1 aromatic heterocycles. The highest BCUT2D eigenvalue weighted by atomic mass is 32.2. The molecule has 1 N–H and O–H groups in total. The minimum Gasteiger partial charge on any atom is -0.497 e. The summed E-state index contributed by atoms with van der Waals surface area (Å²) < 4.78 is 16.7. The summed E-state index contributed by atoms with van der Waals surface area (Å²) in [6.07, 6.45) is 5.19. The third kappa shape index (κ3) is 3.64. The van der Waals surface area contributed by atoms with Gasteiger partial charge in [0, 0.05) is 28.0 Å². The van der Waals surface area contributed by atoms with E-state index in [0.29, 0.717) is 16.3 Å². The number of hydrogen-bond donors (Lipinski definition) is 1. The zero-order valence-electron chi connectivity index (χ0n) is 11.1. The third-order valence-corrected chi connectivity index (χ3v) is 3.52. The predicted molar refractivity (Wildman–Crippen MR) is 79.1 cm³/mol. The quantitative estimate of drug-likeness (QED) is 0.930. The lowest BCUT2D eigenvalue weighted by molar-refractivity contribution is 0.413.